The number of ether oxygens (including phenoxy) is 2. The van der Waals surface area contributed by atoms with Gasteiger partial charge in [-0.25, -0.2) is 4.68 Å². The Balaban J connectivity index is 1.62. The zero-order valence-corrected chi connectivity index (χ0v) is 20.9. The maximum Gasteiger partial charge on any atom is 0.227 e. The number of rotatable bonds is 4. The van der Waals surface area contributed by atoms with Crippen molar-refractivity contribution in [1.82, 2.24) is 14.8 Å². The summed E-state index contributed by atoms with van der Waals surface area (Å²) in [7, 11) is 1.68. The smallest absolute Gasteiger partial charge is 0.227 e. The van der Waals surface area contributed by atoms with Crippen LogP contribution < -0.4 is 14.8 Å². The Hall–Kier alpha value is -3.71. The average Bonchev–Trinajstić information content (AvgIpc) is 3.31. The number of hydrogen-bond acceptors (Lipinski definition) is 6. The van der Waals surface area contributed by atoms with Gasteiger partial charge in [-0.3, -0.25) is 0 Å². The largest absolute Gasteiger partial charge is 0.497 e. The fourth-order valence-corrected chi connectivity index (χ4v) is 5.18. The van der Waals surface area contributed by atoms with Crippen molar-refractivity contribution in [1.29, 1.82) is 0 Å². The fraction of sp³-hybridized carbons (Fsp3) is 0.214. The highest BCUT2D eigenvalue weighted by molar-refractivity contribution is 7.98. The van der Waals surface area contributed by atoms with E-state index in [0.717, 1.165) is 50.6 Å². The molecule has 2 aliphatic rings. The SMILES string of the molecule is COc1ccc([C@@H]2C3=C(Nc4nc(SC)nn42)c2cc(C)ccc2O[C@@H]3c2ccc(C)cc2)cc1. The van der Waals surface area contributed by atoms with E-state index in [0.29, 0.717) is 0 Å². The van der Waals surface area contributed by atoms with E-state index in [1.807, 2.05) is 23.1 Å². The molecular weight excluding hydrogens is 456 g/mol. The van der Waals surface area contributed by atoms with Gasteiger partial charge < -0.3 is 14.8 Å². The monoisotopic (exact) mass is 482 g/mol. The Bertz CT molecular complexity index is 1440. The van der Waals surface area contributed by atoms with Crippen molar-refractivity contribution < 1.29 is 9.47 Å². The standard InChI is InChI=1S/C28H26N4O2S/c1-16-5-8-19(9-6-16)26-23-24(21-15-17(2)7-14-22(21)34-26)29-27-30-28(35-4)31-32(27)25(23)18-10-12-20(33-3)13-11-18/h5-15,25-26H,1-4H3,(H,29,30,31)/t25-,26-/m1/s1. The van der Waals surface area contributed by atoms with Gasteiger partial charge in [0.2, 0.25) is 11.1 Å². The van der Waals surface area contributed by atoms with Crippen molar-refractivity contribution in [2.24, 2.45) is 0 Å². The zero-order valence-electron chi connectivity index (χ0n) is 20.1. The van der Waals surface area contributed by atoms with E-state index < -0.39 is 0 Å². The summed E-state index contributed by atoms with van der Waals surface area (Å²) in [4.78, 5) is 4.78. The van der Waals surface area contributed by atoms with Crippen LogP contribution in [0.1, 0.15) is 40.0 Å². The number of anilines is 1. The zero-order chi connectivity index (χ0) is 24.1. The Morgan fingerprint density at radius 3 is 2.37 bits per heavy atom. The molecule has 1 aromatic heterocycles. The third-order valence-electron chi connectivity index (χ3n) is 6.60. The molecule has 7 heteroatoms. The van der Waals surface area contributed by atoms with E-state index in [-0.39, 0.29) is 12.1 Å². The molecule has 0 fully saturated rings. The summed E-state index contributed by atoms with van der Waals surface area (Å²) in [6.45, 7) is 4.20. The molecule has 35 heavy (non-hydrogen) atoms. The van der Waals surface area contributed by atoms with Crippen molar-refractivity contribution in [2.45, 2.75) is 31.1 Å². The quantitative estimate of drug-likeness (QED) is 0.350. The van der Waals surface area contributed by atoms with E-state index in [1.54, 1.807) is 7.11 Å². The molecule has 3 heterocycles. The van der Waals surface area contributed by atoms with Crippen LogP contribution in [0.3, 0.4) is 0 Å². The normalized spacial score (nSPS) is 18.2. The summed E-state index contributed by atoms with van der Waals surface area (Å²) >= 11 is 1.53. The second-order valence-electron chi connectivity index (χ2n) is 8.91. The minimum Gasteiger partial charge on any atom is -0.497 e. The van der Waals surface area contributed by atoms with E-state index in [9.17, 15) is 0 Å². The number of aryl methyl sites for hydroxylation is 2. The number of hydrogen-bond donors (Lipinski definition) is 1. The van der Waals surface area contributed by atoms with Crippen LogP contribution in [0, 0.1) is 13.8 Å². The van der Waals surface area contributed by atoms with E-state index in [4.69, 9.17) is 19.6 Å². The highest BCUT2D eigenvalue weighted by Crippen LogP contribution is 2.51. The number of nitrogens with zero attached hydrogens (tertiary/aromatic N) is 3. The molecule has 6 rings (SSSR count). The van der Waals surface area contributed by atoms with Gasteiger partial charge in [0.25, 0.3) is 0 Å². The minimum absolute atomic E-state index is 0.194. The van der Waals surface area contributed by atoms with Gasteiger partial charge in [-0.1, -0.05) is 65.4 Å². The number of thioether (sulfide) groups is 1. The second kappa shape index (κ2) is 8.50. The summed E-state index contributed by atoms with van der Waals surface area (Å²) in [5.41, 5.74) is 7.77. The summed E-state index contributed by atoms with van der Waals surface area (Å²) in [6.07, 6.45) is 1.71. The van der Waals surface area contributed by atoms with Crippen molar-refractivity contribution in [3.05, 3.63) is 100 Å². The summed E-state index contributed by atoms with van der Waals surface area (Å²) < 4.78 is 14.2. The molecule has 2 atom stereocenters. The number of fused-ring (bicyclic) bond motifs is 3. The molecule has 4 aromatic rings. The molecule has 6 nitrogen and oxygen atoms in total. The Morgan fingerprint density at radius 2 is 1.66 bits per heavy atom. The van der Waals surface area contributed by atoms with Gasteiger partial charge in [-0.05, 0) is 55.5 Å². The molecule has 2 aliphatic heterocycles. The van der Waals surface area contributed by atoms with Crippen LogP contribution in [0.5, 0.6) is 11.5 Å². The molecule has 3 aromatic carbocycles. The van der Waals surface area contributed by atoms with Crippen molar-refractivity contribution in [2.75, 3.05) is 18.7 Å². The van der Waals surface area contributed by atoms with Gasteiger partial charge in [0, 0.05) is 11.1 Å². The first-order valence-corrected chi connectivity index (χ1v) is 12.8. The fourth-order valence-electron chi connectivity index (χ4n) is 4.83. The molecule has 0 unspecified atom stereocenters. The predicted molar refractivity (Wildman–Crippen MR) is 139 cm³/mol. The van der Waals surface area contributed by atoms with Gasteiger partial charge >= 0.3 is 0 Å². The summed E-state index contributed by atoms with van der Waals surface area (Å²) in [5.74, 6) is 2.40. The van der Waals surface area contributed by atoms with Gasteiger partial charge in [-0.15, -0.1) is 5.10 Å². The van der Waals surface area contributed by atoms with Crippen LogP contribution in [0.2, 0.25) is 0 Å². The van der Waals surface area contributed by atoms with Crippen LogP contribution in [-0.2, 0) is 0 Å². The lowest BCUT2D eigenvalue weighted by molar-refractivity contribution is 0.223. The Morgan fingerprint density at radius 1 is 0.943 bits per heavy atom. The summed E-state index contributed by atoms with van der Waals surface area (Å²) in [5, 5.41) is 9.21. The lowest BCUT2D eigenvalue weighted by atomic mass is 9.84. The molecule has 1 N–H and O–H groups in total. The average molecular weight is 483 g/mol. The molecule has 0 radical (unpaired) electrons. The van der Waals surface area contributed by atoms with E-state index in [2.05, 4.69) is 73.8 Å². The number of benzene rings is 3. The van der Waals surface area contributed by atoms with E-state index >= 15 is 0 Å². The van der Waals surface area contributed by atoms with Gasteiger partial charge in [-0.2, -0.15) is 4.98 Å². The minimum atomic E-state index is -0.282. The topological polar surface area (TPSA) is 61.2 Å². The number of aromatic nitrogens is 3. The third kappa shape index (κ3) is 3.67. The molecule has 0 saturated carbocycles. The molecule has 0 aliphatic carbocycles. The first kappa shape index (κ1) is 21.8. The molecular formula is C28H26N4O2S. The maximum atomic E-state index is 6.74. The van der Waals surface area contributed by atoms with Crippen LogP contribution in [0.15, 0.2) is 77.5 Å². The highest BCUT2D eigenvalue weighted by atomic mass is 32.2. The van der Waals surface area contributed by atoms with Crippen LogP contribution in [0.4, 0.5) is 5.95 Å². The van der Waals surface area contributed by atoms with E-state index in [1.165, 1.54) is 22.9 Å². The molecule has 0 saturated heterocycles. The van der Waals surface area contributed by atoms with Crippen LogP contribution in [0.25, 0.3) is 5.70 Å². The number of methoxy groups -OCH3 is 1. The third-order valence-corrected chi connectivity index (χ3v) is 7.14. The predicted octanol–water partition coefficient (Wildman–Crippen LogP) is 6.19. The molecule has 0 bridgehead atoms. The maximum absolute atomic E-state index is 6.74. The highest BCUT2D eigenvalue weighted by Gasteiger charge is 2.41. The second-order valence-corrected chi connectivity index (χ2v) is 9.68. The van der Waals surface area contributed by atoms with Crippen LogP contribution in [-0.4, -0.2) is 28.1 Å². The lowest BCUT2D eigenvalue weighted by Crippen LogP contribution is -2.32. The van der Waals surface area contributed by atoms with Crippen molar-refractivity contribution in [3.8, 4) is 11.5 Å². The first-order valence-electron chi connectivity index (χ1n) is 11.6. The van der Waals surface area contributed by atoms with Gasteiger partial charge in [0.15, 0.2) is 0 Å². The van der Waals surface area contributed by atoms with Gasteiger partial charge in [0.1, 0.15) is 23.6 Å². The lowest BCUT2D eigenvalue weighted by Gasteiger charge is -2.39. The number of nitrogens with one attached hydrogen (secondary N) is 1. The molecule has 176 valence electrons. The van der Waals surface area contributed by atoms with Crippen LogP contribution >= 0.6 is 11.8 Å². The molecule has 0 amide bonds. The molecule has 0 spiro atoms. The Labute approximate surface area is 209 Å². The first-order chi connectivity index (χ1) is 17.1. The van der Waals surface area contributed by atoms with Crippen molar-refractivity contribution >= 4 is 23.4 Å². The van der Waals surface area contributed by atoms with Gasteiger partial charge in [0.05, 0.1) is 12.8 Å². The Kier molecular flexibility index (Phi) is 5.29. The summed E-state index contributed by atoms with van der Waals surface area (Å²) in [6, 6.07) is 22.9. The van der Waals surface area contributed by atoms with Crippen molar-refractivity contribution in [3.63, 3.8) is 0 Å².